The Hall–Kier alpha value is -1.92. The molecule has 18 heavy (non-hydrogen) atoms. The standard InChI is InChI=1S/C15H15N3/c1-17-8-10-4-12-6-14(11-2-3-11)9-18-15(12)13(5-10)7-16/h4-6,9,11,17H,2-3,8H2,1H3. The molecule has 0 bridgehead atoms. The summed E-state index contributed by atoms with van der Waals surface area (Å²) in [5, 5.41) is 13.4. The lowest BCUT2D eigenvalue weighted by Crippen LogP contribution is -2.05. The average molecular weight is 237 g/mol. The summed E-state index contributed by atoms with van der Waals surface area (Å²) in [5.74, 6) is 0.695. The highest BCUT2D eigenvalue weighted by molar-refractivity contribution is 5.85. The largest absolute Gasteiger partial charge is 0.316 e. The lowest BCUT2D eigenvalue weighted by Gasteiger charge is -2.06. The van der Waals surface area contributed by atoms with Crippen LogP contribution in [0.3, 0.4) is 0 Å². The first-order valence-corrected chi connectivity index (χ1v) is 6.29. The molecule has 0 amide bonds. The molecule has 1 aliphatic carbocycles. The van der Waals surface area contributed by atoms with Crippen LogP contribution in [0.1, 0.15) is 35.4 Å². The van der Waals surface area contributed by atoms with Gasteiger partial charge in [0, 0.05) is 18.1 Å². The van der Waals surface area contributed by atoms with Crippen LogP contribution in [0.5, 0.6) is 0 Å². The van der Waals surface area contributed by atoms with Crippen molar-refractivity contribution in [3.63, 3.8) is 0 Å². The minimum absolute atomic E-state index is 0.667. The van der Waals surface area contributed by atoms with Gasteiger partial charge in [-0.05, 0) is 55.1 Å². The third-order valence-corrected chi connectivity index (χ3v) is 3.41. The van der Waals surface area contributed by atoms with Gasteiger partial charge >= 0.3 is 0 Å². The number of hydrogen-bond donors (Lipinski definition) is 1. The van der Waals surface area contributed by atoms with Crippen LogP contribution in [-0.4, -0.2) is 12.0 Å². The van der Waals surface area contributed by atoms with E-state index < -0.39 is 0 Å². The zero-order chi connectivity index (χ0) is 12.5. The third-order valence-electron chi connectivity index (χ3n) is 3.41. The van der Waals surface area contributed by atoms with Gasteiger partial charge in [-0.3, -0.25) is 4.98 Å². The zero-order valence-electron chi connectivity index (χ0n) is 10.4. The van der Waals surface area contributed by atoms with E-state index in [-0.39, 0.29) is 0 Å². The second kappa shape index (κ2) is 4.40. The summed E-state index contributed by atoms with van der Waals surface area (Å²) in [7, 11) is 1.91. The molecular weight excluding hydrogens is 222 g/mol. The van der Waals surface area contributed by atoms with Crippen molar-refractivity contribution >= 4 is 10.9 Å². The predicted molar refractivity (Wildman–Crippen MR) is 71.2 cm³/mol. The highest BCUT2D eigenvalue weighted by Crippen LogP contribution is 2.40. The molecule has 3 rings (SSSR count). The second-order valence-corrected chi connectivity index (χ2v) is 4.90. The highest BCUT2D eigenvalue weighted by Gasteiger charge is 2.24. The maximum atomic E-state index is 9.21. The van der Waals surface area contributed by atoms with Crippen LogP contribution >= 0.6 is 0 Å². The molecule has 0 radical (unpaired) electrons. The smallest absolute Gasteiger partial charge is 0.101 e. The molecule has 1 aromatic carbocycles. The van der Waals surface area contributed by atoms with Crippen molar-refractivity contribution in [1.82, 2.24) is 10.3 Å². The van der Waals surface area contributed by atoms with Crippen LogP contribution in [0, 0.1) is 11.3 Å². The van der Waals surface area contributed by atoms with Gasteiger partial charge in [-0.2, -0.15) is 5.26 Å². The topological polar surface area (TPSA) is 48.7 Å². The van der Waals surface area contributed by atoms with Crippen molar-refractivity contribution < 1.29 is 0 Å². The summed E-state index contributed by atoms with van der Waals surface area (Å²) in [6, 6.07) is 8.49. The van der Waals surface area contributed by atoms with E-state index in [9.17, 15) is 5.26 Å². The number of nitrogens with zero attached hydrogens (tertiary/aromatic N) is 2. The van der Waals surface area contributed by atoms with Gasteiger partial charge in [-0.15, -0.1) is 0 Å². The van der Waals surface area contributed by atoms with Gasteiger partial charge in [-0.25, -0.2) is 0 Å². The Morgan fingerprint density at radius 3 is 2.89 bits per heavy atom. The molecule has 1 heterocycles. The molecule has 1 fully saturated rings. The fourth-order valence-electron chi connectivity index (χ4n) is 2.36. The molecule has 1 N–H and O–H groups in total. The lowest BCUT2D eigenvalue weighted by atomic mass is 10.0. The zero-order valence-corrected chi connectivity index (χ0v) is 10.4. The van der Waals surface area contributed by atoms with Crippen molar-refractivity contribution in [2.75, 3.05) is 7.05 Å². The van der Waals surface area contributed by atoms with E-state index in [1.54, 1.807) is 0 Å². The number of pyridine rings is 1. The van der Waals surface area contributed by atoms with Gasteiger partial charge in [0.15, 0.2) is 0 Å². The Kier molecular flexibility index (Phi) is 2.73. The summed E-state index contributed by atoms with van der Waals surface area (Å²) in [4.78, 5) is 4.47. The lowest BCUT2D eigenvalue weighted by molar-refractivity contribution is 0.818. The van der Waals surface area contributed by atoms with E-state index in [1.165, 1.54) is 18.4 Å². The molecule has 1 aromatic heterocycles. The Balaban J connectivity index is 2.16. The molecule has 0 aliphatic heterocycles. The van der Waals surface area contributed by atoms with E-state index in [4.69, 9.17) is 0 Å². The summed E-state index contributed by atoms with van der Waals surface area (Å²) >= 11 is 0. The van der Waals surface area contributed by atoms with Gasteiger partial charge in [-0.1, -0.05) is 0 Å². The number of benzene rings is 1. The minimum Gasteiger partial charge on any atom is -0.316 e. The summed E-state index contributed by atoms with van der Waals surface area (Å²) < 4.78 is 0. The van der Waals surface area contributed by atoms with Gasteiger partial charge in [0.2, 0.25) is 0 Å². The number of nitrogens with one attached hydrogen (secondary N) is 1. The number of nitriles is 1. The summed E-state index contributed by atoms with van der Waals surface area (Å²) in [6.07, 6.45) is 4.47. The van der Waals surface area contributed by atoms with Crippen molar-refractivity contribution in [3.05, 3.63) is 41.1 Å². The van der Waals surface area contributed by atoms with Crippen LogP contribution in [0.15, 0.2) is 24.4 Å². The van der Waals surface area contributed by atoms with Gasteiger partial charge < -0.3 is 5.32 Å². The third kappa shape index (κ3) is 1.96. The van der Waals surface area contributed by atoms with Gasteiger partial charge in [0.05, 0.1) is 11.1 Å². The number of rotatable bonds is 3. The molecule has 1 saturated carbocycles. The second-order valence-electron chi connectivity index (χ2n) is 4.90. The van der Waals surface area contributed by atoms with Crippen molar-refractivity contribution in [2.24, 2.45) is 0 Å². The Morgan fingerprint density at radius 2 is 2.22 bits per heavy atom. The highest BCUT2D eigenvalue weighted by atomic mass is 14.8. The Morgan fingerprint density at radius 1 is 1.39 bits per heavy atom. The van der Waals surface area contributed by atoms with Crippen LogP contribution in [-0.2, 0) is 6.54 Å². The van der Waals surface area contributed by atoms with Crippen LogP contribution in [0.2, 0.25) is 0 Å². The predicted octanol–water partition coefficient (Wildman–Crippen LogP) is 2.70. The molecule has 3 nitrogen and oxygen atoms in total. The first-order valence-electron chi connectivity index (χ1n) is 6.29. The summed E-state index contributed by atoms with van der Waals surface area (Å²) in [5.41, 5.74) is 3.94. The number of aromatic nitrogens is 1. The first-order chi connectivity index (χ1) is 8.81. The van der Waals surface area contributed by atoms with E-state index in [2.05, 4.69) is 28.5 Å². The molecule has 90 valence electrons. The van der Waals surface area contributed by atoms with Crippen molar-refractivity contribution in [1.29, 1.82) is 5.26 Å². The van der Waals surface area contributed by atoms with E-state index in [0.717, 1.165) is 23.0 Å². The Bertz CT molecular complexity index is 636. The van der Waals surface area contributed by atoms with Crippen LogP contribution in [0.4, 0.5) is 0 Å². The van der Waals surface area contributed by atoms with Crippen molar-refractivity contribution in [2.45, 2.75) is 25.3 Å². The average Bonchev–Trinajstić information content (AvgIpc) is 3.21. The molecule has 0 spiro atoms. The molecule has 2 aromatic rings. The Labute approximate surface area is 106 Å². The van der Waals surface area contributed by atoms with E-state index in [1.807, 2.05) is 19.3 Å². The van der Waals surface area contributed by atoms with Gasteiger partial charge in [0.1, 0.15) is 6.07 Å². The molecule has 0 unspecified atom stereocenters. The molecule has 1 aliphatic rings. The summed E-state index contributed by atoms with van der Waals surface area (Å²) in [6.45, 7) is 0.776. The normalized spacial score (nSPS) is 14.7. The SMILES string of the molecule is CNCc1cc(C#N)c2ncc(C3CC3)cc2c1. The fourth-order valence-corrected chi connectivity index (χ4v) is 2.36. The molecule has 0 atom stereocenters. The van der Waals surface area contributed by atoms with Gasteiger partial charge in [0.25, 0.3) is 0 Å². The minimum atomic E-state index is 0.667. The van der Waals surface area contributed by atoms with Crippen LogP contribution < -0.4 is 5.32 Å². The van der Waals surface area contributed by atoms with Crippen LogP contribution in [0.25, 0.3) is 10.9 Å². The number of fused-ring (bicyclic) bond motifs is 1. The number of hydrogen-bond acceptors (Lipinski definition) is 3. The van der Waals surface area contributed by atoms with E-state index in [0.29, 0.717) is 11.5 Å². The molecule has 3 heteroatoms. The quantitative estimate of drug-likeness (QED) is 0.892. The van der Waals surface area contributed by atoms with Crippen molar-refractivity contribution in [3.8, 4) is 6.07 Å². The molecule has 0 saturated heterocycles. The molecular formula is C15H15N3. The van der Waals surface area contributed by atoms with E-state index >= 15 is 0 Å². The monoisotopic (exact) mass is 237 g/mol. The maximum Gasteiger partial charge on any atom is 0.101 e. The fraction of sp³-hybridized carbons (Fsp3) is 0.333. The first kappa shape index (κ1) is 11.2. The maximum absolute atomic E-state index is 9.21.